The summed E-state index contributed by atoms with van der Waals surface area (Å²) in [5.74, 6) is 1.38. The van der Waals surface area contributed by atoms with Gasteiger partial charge in [-0.3, -0.25) is 4.68 Å². The van der Waals surface area contributed by atoms with Crippen LogP contribution < -0.4 is 10.1 Å². The number of hydrogen-bond donors (Lipinski definition) is 1. The van der Waals surface area contributed by atoms with Crippen LogP contribution in [0.25, 0.3) is 0 Å². The van der Waals surface area contributed by atoms with Crippen molar-refractivity contribution in [2.24, 2.45) is 7.05 Å². The van der Waals surface area contributed by atoms with Crippen LogP contribution in [0.4, 0.5) is 11.5 Å². The van der Waals surface area contributed by atoms with E-state index in [-0.39, 0.29) is 0 Å². The summed E-state index contributed by atoms with van der Waals surface area (Å²) in [6.45, 7) is 0. The standard InChI is InChI=1S/C10H12N4O/c1-14-6-4-9(13-14)12-8-3-5-11-10(7-8)15-2/h3-7H,1-2H3,(H,11,12,13). The van der Waals surface area contributed by atoms with Crippen molar-refractivity contribution in [3.05, 3.63) is 30.6 Å². The second-order valence-electron chi connectivity index (χ2n) is 3.09. The Bertz CT molecular complexity index is 452. The Morgan fingerprint density at radius 3 is 2.93 bits per heavy atom. The van der Waals surface area contributed by atoms with E-state index in [4.69, 9.17) is 4.74 Å². The van der Waals surface area contributed by atoms with Gasteiger partial charge < -0.3 is 10.1 Å². The number of hydrogen-bond acceptors (Lipinski definition) is 4. The second-order valence-corrected chi connectivity index (χ2v) is 3.09. The van der Waals surface area contributed by atoms with Crippen molar-refractivity contribution in [3.63, 3.8) is 0 Å². The summed E-state index contributed by atoms with van der Waals surface area (Å²) in [6.07, 6.45) is 3.56. The largest absolute Gasteiger partial charge is 0.481 e. The van der Waals surface area contributed by atoms with Crippen molar-refractivity contribution >= 4 is 11.5 Å². The van der Waals surface area contributed by atoms with Gasteiger partial charge in [-0.15, -0.1) is 0 Å². The van der Waals surface area contributed by atoms with Crippen LogP contribution in [-0.2, 0) is 7.05 Å². The maximum Gasteiger partial charge on any atom is 0.214 e. The molecule has 15 heavy (non-hydrogen) atoms. The van der Waals surface area contributed by atoms with Crippen LogP contribution >= 0.6 is 0 Å². The zero-order chi connectivity index (χ0) is 10.7. The van der Waals surface area contributed by atoms with Crippen LogP contribution in [0, 0.1) is 0 Å². The first kappa shape index (κ1) is 9.51. The lowest BCUT2D eigenvalue weighted by Crippen LogP contribution is -1.95. The molecule has 0 aliphatic rings. The summed E-state index contributed by atoms with van der Waals surface area (Å²) in [7, 11) is 3.46. The monoisotopic (exact) mass is 204 g/mol. The number of anilines is 2. The predicted octanol–water partition coefficient (Wildman–Crippen LogP) is 1.57. The molecule has 0 aromatic carbocycles. The highest BCUT2D eigenvalue weighted by Crippen LogP contribution is 2.17. The lowest BCUT2D eigenvalue weighted by molar-refractivity contribution is 0.398. The van der Waals surface area contributed by atoms with Crippen molar-refractivity contribution in [2.45, 2.75) is 0 Å². The van der Waals surface area contributed by atoms with Crippen LogP contribution in [0.1, 0.15) is 0 Å². The van der Waals surface area contributed by atoms with Gasteiger partial charge in [0.25, 0.3) is 0 Å². The van der Waals surface area contributed by atoms with E-state index in [0.717, 1.165) is 11.5 Å². The molecular formula is C10H12N4O. The van der Waals surface area contributed by atoms with Gasteiger partial charge in [0.05, 0.1) is 7.11 Å². The van der Waals surface area contributed by atoms with Gasteiger partial charge in [0.2, 0.25) is 5.88 Å². The molecule has 1 N–H and O–H groups in total. The number of pyridine rings is 1. The highest BCUT2D eigenvalue weighted by Gasteiger charge is 1.99. The molecule has 0 aliphatic carbocycles. The quantitative estimate of drug-likeness (QED) is 0.824. The van der Waals surface area contributed by atoms with Crippen LogP contribution in [0.2, 0.25) is 0 Å². The Balaban J connectivity index is 2.16. The fraction of sp³-hybridized carbons (Fsp3) is 0.200. The van der Waals surface area contributed by atoms with Gasteiger partial charge in [0.15, 0.2) is 5.82 Å². The first-order valence-electron chi connectivity index (χ1n) is 4.54. The first-order valence-corrected chi connectivity index (χ1v) is 4.54. The zero-order valence-electron chi connectivity index (χ0n) is 8.64. The van der Waals surface area contributed by atoms with E-state index in [9.17, 15) is 0 Å². The number of rotatable bonds is 3. The van der Waals surface area contributed by atoms with E-state index in [1.165, 1.54) is 0 Å². The van der Waals surface area contributed by atoms with Gasteiger partial charge in [-0.25, -0.2) is 4.98 Å². The third-order valence-electron chi connectivity index (χ3n) is 1.93. The Kier molecular flexibility index (Phi) is 2.53. The van der Waals surface area contributed by atoms with E-state index in [0.29, 0.717) is 5.88 Å². The molecule has 0 amide bonds. The number of ether oxygens (including phenoxy) is 1. The third-order valence-corrected chi connectivity index (χ3v) is 1.93. The summed E-state index contributed by atoms with van der Waals surface area (Å²) < 4.78 is 6.76. The van der Waals surface area contributed by atoms with Crippen molar-refractivity contribution in [1.29, 1.82) is 0 Å². The minimum atomic E-state index is 0.580. The number of methoxy groups -OCH3 is 1. The average molecular weight is 204 g/mol. The SMILES string of the molecule is COc1cc(Nc2ccn(C)n2)ccn1. The number of aryl methyl sites for hydroxylation is 1. The molecule has 0 bridgehead atoms. The molecule has 0 unspecified atom stereocenters. The van der Waals surface area contributed by atoms with Crippen LogP contribution in [-0.4, -0.2) is 21.9 Å². The fourth-order valence-corrected chi connectivity index (χ4v) is 1.23. The normalized spacial score (nSPS) is 10.0. The maximum atomic E-state index is 5.02. The molecule has 0 saturated carbocycles. The highest BCUT2D eigenvalue weighted by atomic mass is 16.5. The van der Waals surface area contributed by atoms with Gasteiger partial charge in [0.1, 0.15) is 0 Å². The number of aromatic nitrogens is 3. The van der Waals surface area contributed by atoms with Gasteiger partial charge in [-0.2, -0.15) is 5.10 Å². The Labute approximate surface area is 87.7 Å². The summed E-state index contributed by atoms with van der Waals surface area (Å²) in [4.78, 5) is 4.02. The molecular weight excluding hydrogens is 192 g/mol. The van der Waals surface area contributed by atoms with Crippen molar-refractivity contribution < 1.29 is 4.74 Å². The molecule has 2 aromatic rings. The minimum absolute atomic E-state index is 0.580. The van der Waals surface area contributed by atoms with E-state index >= 15 is 0 Å². The van der Waals surface area contributed by atoms with Gasteiger partial charge in [-0.05, 0) is 6.07 Å². The molecule has 0 saturated heterocycles. The first-order chi connectivity index (χ1) is 7.28. The van der Waals surface area contributed by atoms with Gasteiger partial charge >= 0.3 is 0 Å². The topological polar surface area (TPSA) is 52.0 Å². The lowest BCUT2D eigenvalue weighted by Gasteiger charge is -2.04. The van der Waals surface area contributed by atoms with Crippen molar-refractivity contribution in [3.8, 4) is 5.88 Å². The Morgan fingerprint density at radius 1 is 1.40 bits per heavy atom. The van der Waals surface area contributed by atoms with E-state index in [2.05, 4.69) is 15.4 Å². The predicted molar refractivity (Wildman–Crippen MR) is 57.3 cm³/mol. The smallest absolute Gasteiger partial charge is 0.214 e. The van der Waals surface area contributed by atoms with Crippen LogP contribution in [0.15, 0.2) is 30.6 Å². The molecule has 2 aromatic heterocycles. The molecule has 2 heterocycles. The zero-order valence-corrected chi connectivity index (χ0v) is 8.64. The molecule has 0 atom stereocenters. The molecule has 0 radical (unpaired) electrons. The van der Waals surface area contributed by atoms with Crippen molar-refractivity contribution in [2.75, 3.05) is 12.4 Å². The van der Waals surface area contributed by atoms with Crippen LogP contribution in [0.5, 0.6) is 5.88 Å². The second kappa shape index (κ2) is 4.00. The summed E-state index contributed by atoms with van der Waals surface area (Å²) in [5.41, 5.74) is 0.903. The molecule has 0 spiro atoms. The molecule has 5 heteroatoms. The number of nitrogens with zero attached hydrogens (tertiary/aromatic N) is 3. The van der Waals surface area contributed by atoms with Crippen molar-refractivity contribution in [1.82, 2.24) is 14.8 Å². The summed E-state index contributed by atoms with van der Waals surface area (Å²) in [5, 5.41) is 7.35. The average Bonchev–Trinajstić information content (AvgIpc) is 2.64. The number of nitrogens with one attached hydrogen (secondary N) is 1. The summed E-state index contributed by atoms with van der Waals surface area (Å²) >= 11 is 0. The summed E-state index contributed by atoms with van der Waals surface area (Å²) in [6, 6.07) is 5.57. The Morgan fingerprint density at radius 2 is 2.27 bits per heavy atom. The van der Waals surface area contributed by atoms with Gasteiger partial charge in [0, 0.05) is 37.3 Å². The van der Waals surface area contributed by atoms with E-state index in [1.54, 1.807) is 18.0 Å². The fourth-order valence-electron chi connectivity index (χ4n) is 1.23. The van der Waals surface area contributed by atoms with E-state index in [1.807, 2.05) is 31.4 Å². The maximum absolute atomic E-state index is 5.02. The molecule has 2 rings (SSSR count). The van der Waals surface area contributed by atoms with E-state index < -0.39 is 0 Å². The van der Waals surface area contributed by atoms with Crippen LogP contribution in [0.3, 0.4) is 0 Å². The minimum Gasteiger partial charge on any atom is -0.481 e. The third kappa shape index (κ3) is 2.25. The molecule has 78 valence electrons. The molecule has 0 fully saturated rings. The Hall–Kier alpha value is -2.04. The molecule has 0 aliphatic heterocycles. The van der Waals surface area contributed by atoms with Gasteiger partial charge in [-0.1, -0.05) is 0 Å². The highest BCUT2D eigenvalue weighted by molar-refractivity contribution is 5.56. The molecule has 5 nitrogen and oxygen atoms in total. The lowest BCUT2D eigenvalue weighted by atomic mass is 10.4.